The van der Waals surface area contributed by atoms with Crippen LogP contribution in [0.1, 0.15) is 25.8 Å². The van der Waals surface area contributed by atoms with Crippen LogP contribution in [0.25, 0.3) is 0 Å². The Morgan fingerprint density at radius 2 is 2.15 bits per heavy atom. The van der Waals surface area contributed by atoms with Gasteiger partial charge >= 0.3 is 0 Å². The highest BCUT2D eigenvalue weighted by Gasteiger charge is 2.24. The first-order valence-corrected chi connectivity index (χ1v) is 5.43. The molecule has 1 N–H and O–H groups in total. The standard InChI is InChI=1S/C11H14BrN/c1-11(2)7-6-8-9(12)4-3-5-10(8)13-11/h3-5,13H,6-7H2,1-2H3. The van der Waals surface area contributed by atoms with Gasteiger partial charge in [0.15, 0.2) is 0 Å². The van der Waals surface area contributed by atoms with Crippen LogP contribution >= 0.6 is 15.9 Å². The Morgan fingerprint density at radius 3 is 2.92 bits per heavy atom. The van der Waals surface area contributed by atoms with Crippen LogP contribution in [-0.4, -0.2) is 5.54 Å². The molecule has 13 heavy (non-hydrogen) atoms. The molecule has 2 heteroatoms. The van der Waals surface area contributed by atoms with E-state index in [2.05, 4.69) is 53.3 Å². The topological polar surface area (TPSA) is 12.0 Å². The third kappa shape index (κ3) is 1.73. The SMILES string of the molecule is CC1(C)CCc2c(Br)cccc2N1. The first-order valence-electron chi connectivity index (χ1n) is 4.64. The monoisotopic (exact) mass is 239 g/mol. The van der Waals surface area contributed by atoms with E-state index in [1.54, 1.807) is 0 Å². The van der Waals surface area contributed by atoms with Gasteiger partial charge < -0.3 is 5.32 Å². The molecule has 0 aromatic heterocycles. The van der Waals surface area contributed by atoms with E-state index in [1.807, 2.05) is 0 Å². The lowest BCUT2D eigenvalue weighted by Gasteiger charge is -2.34. The summed E-state index contributed by atoms with van der Waals surface area (Å²) in [6, 6.07) is 6.34. The molecule has 0 saturated heterocycles. The molecule has 0 saturated carbocycles. The predicted octanol–water partition coefficient (Wildman–Crippen LogP) is 3.59. The Bertz CT molecular complexity index is 331. The molecule has 1 aromatic carbocycles. The van der Waals surface area contributed by atoms with E-state index in [0.29, 0.717) is 0 Å². The molecule has 0 bridgehead atoms. The summed E-state index contributed by atoms with van der Waals surface area (Å²) >= 11 is 3.58. The van der Waals surface area contributed by atoms with Gasteiger partial charge in [-0.15, -0.1) is 0 Å². The van der Waals surface area contributed by atoms with E-state index in [1.165, 1.54) is 22.1 Å². The van der Waals surface area contributed by atoms with Crippen LogP contribution in [0.3, 0.4) is 0 Å². The zero-order valence-electron chi connectivity index (χ0n) is 8.02. The van der Waals surface area contributed by atoms with Crippen LogP contribution in [0.4, 0.5) is 5.69 Å². The second kappa shape index (κ2) is 3.02. The average molecular weight is 240 g/mol. The van der Waals surface area contributed by atoms with Crippen molar-refractivity contribution in [3.63, 3.8) is 0 Å². The number of benzene rings is 1. The van der Waals surface area contributed by atoms with E-state index in [4.69, 9.17) is 0 Å². The van der Waals surface area contributed by atoms with Crippen molar-refractivity contribution in [3.8, 4) is 0 Å². The number of hydrogen-bond donors (Lipinski definition) is 1. The zero-order chi connectivity index (χ0) is 9.47. The van der Waals surface area contributed by atoms with Crippen molar-refractivity contribution in [2.75, 3.05) is 5.32 Å². The Morgan fingerprint density at radius 1 is 1.38 bits per heavy atom. The van der Waals surface area contributed by atoms with Crippen molar-refractivity contribution >= 4 is 21.6 Å². The second-order valence-electron chi connectivity index (χ2n) is 4.27. The minimum Gasteiger partial charge on any atom is -0.380 e. The van der Waals surface area contributed by atoms with Crippen molar-refractivity contribution < 1.29 is 0 Å². The molecule has 0 spiro atoms. The van der Waals surface area contributed by atoms with Crippen molar-refractivity contribution in [2.24, 2.45) is 0 Å². The van der Waals surface area contributed by atoms with Gasteiger partial charge in [-0.3, -0.25) is 0 Å². The molecule has 1 heterocycles. The normalized spacial score (nSPS) is 19.0. The minimum atomic E-state index is 0.244. The third-order valence-electron chi connectivity index (χ3n) is 2.59. The fourth-order valence-corrected chi connectivity index (χ4v) is 2.36. The molecule has 1 aliphatic heterocycles. The van der Waals surface area contributed by atoms with Crippen LogP contribution < -0.4 is 5.32 Å². The van der Waals surface area contributed by atoms with Crippen molar-refractivity contribution in [1.82, 2.24) is 0 Å². The van der Waals surface area contributed by atoms with Crippen LogP contribution in [-0.2, 0) is 6.42 Å². The first kappa shape index (κ1) is 9.07. The highest BCUT2D eigenvalue weighted by molar-refractivity contribution is 9.10. The molecule has 0 atom stereocenters. The largest absolute Gasteiger partial charge is 0.380 e. The summed E-state index contributed by atoms with van der Waals surface area (Å²) in [5.74, 6) is 0. The van der Waals surface area contributed by atoms with E-state index in [0.717, 1.165) is 6.42 Å². The first-order chi connectivity index (χ1) is 6.08. The van der Waals surface area contributed by atoms with Crippen molar-refractivity contribution in [3.05, 3.63) is 28.2 Å². The van der Waals surface area contributed by atoms with Gasteiger partial charge in [-0.05, 0) is 44.4 Å². The van der Waals surface area contributed by atoms with E-state index in [9.17, 15) is 0 Å². The zero-order valence-corrected chi connectivity index (χ0v) is 9.61. The molecule has 1 nitrogen and oxygen atoms in total. The van der Waals surface area contributed by atoms with Crippen LogP contribution in [0.2, 0.25) is 0 Å². The quantitative estimate of drug-likeness (QED) is 0.730. The molecule has 70 valence electrons. The van der Waals surface area contributed by atoms with E-state index >= 15 is 0 Å². The Kier molecular flexibility index (Phi) is 2.11. The maximum atomic E-state index is 3.58. The number of nitrogens with one attached hydrogen (secondary N) is 1. The van der Waals surface area contributed by atoms with Crippen molar-refractivity contribution in [1.29, 1.82) is 0 Å². The third-order valence-corrected chi connectivity index (χ3v) is 3.33. The molecule has 2 rings (SSSR count). The molecular formula is C11H14BrN. The van der Waals surface area contributed by atoms with E-state index < -0.39 is 0 Å². The van der Waals surface area contributed by atoms with E-state index in [-0.39, 0.29) is 5.54 Å². The smallest absolute Gasteiger partial charge is 0.0388 e. The molecule has 1 aromatic rings. The maximum Gasteiger partial charge on any atom is 0.0388 e. The molecular weight excluding hydrogens is 226 g/mol. The molecule has 1 aliphatic rings. The number of anilines is 1. The van der Waals surface area contributed by atoms with Gasteiger partial charge in [0.2, 0.25) is 0 Å². The summed E-state index contributed by atoms with van der Waals surface area (Å²) in [5.41, 5.74) is 2.95. The second-order valence-corrected chi connectivity index (χ2v) is 5.13. The fourth-order valence-electron chi connectivity index (χ4n) is 1.79. The van der Waals surface area contributed by atoms with Gasteiger partial charge in [0, 0.05) is 15.7 Å². The average Bonchev–Trinajstić information content (AvgIpc) is 2.02. The van der Waals surface area contributed by atoms with Gasteiger partial charge in [-0.25, -0.2) is 0 Å². The number of hydrogen-bond acceptors (Lipinski definition) is 1. The van der Waals surface area contributed by atoms with Crippen LogP contribution in [0.15, 0.2) is 22.7 Å². The fraction of sp³-hybridized carbons (Fsp3) is 0.455. The number of rotatable bonds is 0. The van der Waals surface area contributed by atoms with Crippen LogP contribution in [0.5, 0.6) is 0 Å². The summed E-state index contributed by atoms with van der Waals surface area (Å²) in [6.07, 6.45) is 2.36. The molecule has 0 amide bonds. The highest BCUT2D eigenvalue weighted by atomic mass is 79.9. The Hall–Kier alpha value is -0.500. The van der Waals surface area contributed by atoms with Gasteiger partial charge in [-0.1, -0.05) is 22.0 Å². The summed E-state index contributed by atoms with van der Waals surface area (Å²) < 4.78 is 1.23. The lowest BCUT2D eigenvalue weighted by atomic mass is 9.89. The molecule has 0 fully saturated rings. The minimum absolute atomic E-state index is 0.244. The highest BCUT2D eigenvalue weighted by Crippen LogP contribution is 2.34. The molecule has 0 unspecified atom stereocenters. The maximum absolute atomic E-state index is 3.58. The van der Waals surface area contributed by atoms with Gasteiger partial charge in [0.25, 0.3) is 0 Å². The summed E-state index contributed by atoms with van der Waals surface area (Å²) in [7, 11) is 0. The van der Waals surface area contributed by atoms with Crippen LogP contribution in [0, 0.1) is 0 Å². The lowest BCUT2D eigenvalue weighted by molar-refractivity contribution is 0.501. The number of fused-ring (bicyclic) bond motifs is 1. The summed E-state index contributed by atoms with van der Waals surface area (Å²) in [6.45, 7) is 4.49. The van der Waals surface area contributed by atoms with Gasteiger partial charge in [-0.2, -0.15) is 0 Å². The molecule has 0 aliphatic carbocycles. The summed E-state index contributed by atoms with van der Waals surface area (Å²) in [4.78, 5) is 0. The Balaban J connectivity index is 2.42. The number of halogens is 1. The Labute approximate surface area is 87.7 Å². The summed E-state index contributed by atoms with van der Waals surface area (Å²) in [5, 5.41) is 3.55. The van der Waals surface area contributed by atoms with Gasteiger partial charge in [0.05, 0.1) is 0 Å². The predicted molar refractivity (Wildman–Crippen MR) is 60.2 cm³/mol. The lowest BCUT2D eigenvalue weighted by Crippen LogP contribution is -2.35. The van der Waals surface area contributed by atoms with Crippen molar-refractivity contribution in [2.45, 2.75) is 32.2 Å². The van der Waals surface area contributed by atoms with Gasteiger partial charge in [0.1, 0.15) is 0 Å². The molecule has 0 radical (unpaired) electrons.